The summed E-state index contributed by atoms with van der Waals surface area (Å²) in [5.74, 6) is 0.149. The van der Waals surface area contributed by atoms with E-state index in [0.717, 1.165) is 23.1 Å². The monoisotopic (exact) mass is 292 g/mol. The number of carbonyl (C=O) groups is 1. The van der Waals surface area contributed by atoms with Crippen LogP contribution < -0.4 is 0 Å². The predicted molar refractivity (Wildman–Crippen MR) is 70.6 cm³/mol. The first kappa shape index (κ1) is 14.8. The molecule has 0 heterocycles. The number of hydrogen-bond donors (Lipinski definition) is 1. The Kier molecular flexibility index (Phi) is 8.91. The molecule has 0 aromatic carbocycles. The number of halogens is 1. The fourth-order valence-electron chi connectivity index (χ4n) is 0.978. The zero-order valence-electron chi connectivity index (χ0n) is 9.12. The summed E-state index contributed by atoms with van der Waals surface area (Å²) in [6.07, 6.45) is 6.30. The van der Waals surface area contributed by atoms with Crippen LogP contribution in [0.1, 0.15) is 26.7 Å². The summed E-state index contributed by atoms with van der Waals surface area (Å²) in [6.45, 7) is 4.09. The molecule has 4 heteroatoms. The fourth-order valence-corrected chi connectivity index (χ4v) is 2.24. The molecule has 0 saturated heterocycles. The minimum atomic E-state index is -0.758. The molecule has 0 spiro atoms. The van der Waals surface area contributed by atoms with Crippen molar-refractivity contribution < 1.29 is 9.90 Å². The predicted octanol–water partition coefficient (Wildman–Crippen LogP) is 3.83. The third-order valence-corrected chi connectivity index (χ3v) is 3.66. The lowest BCUT2D eigenvalue weighted by Gasteiger charge is -2.05. The Morgan fingerprint density at radius 1 is 1.47 bits per heavy atom. The smallest absolute Gasteiger partial charge is 0.313 e. The van der Waals surface area contributed by atoms with Crippen molar-refractivity contribution >= 4 is 33.7 Å². The van der Waals surface area contributed by atoms with Gasteiger partial charge in [0.05, 0.1) is 5.75 Å². The number of aliphatic carboxylic acids is 1. The van der Waals surface area contributed by atoms with Crippen molar-refractivity contribution in [3.63, 3.8) is 0 Å². The normalized spacial score (nSPS) is 13.0. The number of unbranched alkanes of at least 4 members (excludes halogenated alkanes) is 1. The Balaban J connectivity index is 4.20. The molecule has 0 amide bonds. The molecular weight excluding hydrogens is 276 g/mol. The SMILES string of the molecule is C/C=C(Br)\C(=C/CCC)CSCC(=O)O. The van der Waals surface area contributed by atoms with Gasteiger partial charge in [-0.1, -0.05) is 41.4 Å². The number of thioether (sulfide) groups is 1. The van der Waals surface area contributed by atoms with Crippen LogP contribution in [0.3, 0.4) is 0 Å². The number of rotatable bonds is 7. The third-order valence-electron chi connectivity index (χ3n) is 1.72. The van der Waals surface area contributed by atoms with Gasteiger partial charge in [-0.05, 0) is 18.9 Å². The highest BCUT2D eigenvalue weighted by atomic mass is 79.9. The Morgan fingerprint density at radius 2 is 2.13 bits per heavy atom. The van der Waals surface area contributed by atoms with Crippen molar-refractivity contribution in [3.05, 3.63) is 22.2 Å². The Bertz CT molecular complexity index is 259. The van der Waals surface area contributed by atoms with E-state index in [1.807, 2.05) is 13.0 Å². The zero-order chi connectivity index (χ0) is 11.7. The van der Waals surface area contributed by atoms with Gasteiger partial charge < -0.3 is 5.11 Å². The van der Waals surface area contributed by atoms with Gasteiger partial charge in [-0.3, -0.25) is 4.79 Å². The lowest BCUT2D eigenvalue weighted by Crippen LogP contribution is -2.00. The number of carboxylic acids is 1. The molecule has 0 aromatic heterocycles. The van der Waals surface area contributed by atoms with Gasteiger partial charge in [0.2, 0.25) is 0 Å². The van der Waals surface area contributed by atoms with Crippen LogP contribution >= 0.6 is 27.7 Å². The molecule has 0 rings (SSSR count). The van der Waals surface area contributed by atoms with Crippen LogP contribution in [-0.2, 0) is 4.79 Å². The van der Waals surface area contributed by atoms with Crippen molar-refractivity contribution in [2.75, 3.05) is 11.5 Å². The van der Waals surface area contributed by atoms with Gasteiger partial charge in [0.25, 0.3) is 0 Å². The average molecular weight is 293 g/mol. The van der Waals surface area contributed by atoms with Crippen molar-refractivity contribution in [2.24, 2.45) is 0 Å². The highest BCUT2D eigenvalue weighted by Gasteiger charge is 2.03. The molecule has 0 saturated carbocycles. The van der Waals surface area contributed by atoms with Gasteiger partial charge in [-0.25, -0.2) is 0 Å². The van der Waals surface area contributed by atoms with Gasteiger partial charge in [0.15, 0.2) is 0 Å². The first-order valence-corrected chi connectivity index (χ1v) is 6.87. The molecule has 86 valence electrons. The van der Waals surface area contributed by atoms with E-state index >= 15 is 0 Å². The number of allylic oxidation sites excluding steroid dienone is 3. The van der Waals surface area contributed by atoms with Crippen molar-refractivity contribution in [3.8, 4) is 0 Å². The highest BCUT2D eigenvalue weighted by molar-refractivity contribution is 9.12. The summed E-state index contributed by atoms with van der Waals surface area (Å²) in [5, 5.41) is 8.53. The van der Waals surface area contributed by atoms with Crippen molar-refractivity contribution in [1.29, 1.82) is 0 Å². The maximum absolute atomic E-state index is 10.4. The molecular formula is C11H17BrO2S. The molecule has 0 fully saturated rings. The second-order valence-electron chi connectivity index (χ2n) is 3.04. The van der Waals surface area contributed by atoms with E-state index in [2.05, 4.69) is 28.9 Å². The van der Waals surface area contributed by atoms with Gasteiger partial charge in [-0.15, -0.1) is 11.8 Å². The first-order chi connectivity index (χ1) is 7.11. The molecule has 2 nitrogen and oxygen atoms in total. The van der Waals surface area contributed by atoms with Gasteiger partial charge in [-0.2, -0.15) is 0 Å². The fraction of sp³-hybridized carbons (Fsp3) is 0.545. The lowest BCUT2D eigenvalue weighted by molar-refractivity contribution is -0.133. The van der Waals surface area contributed by atoms with Gasteiger partial charge >= 0.3 is 5.97 Å². The zero-order valence-corrected chi connectivity index (χ0v) is 11.5. The van der Waals surface area contributed by atoms with Crippen LogP contribution in [0.25, 0.3) is 0 Å². The van der Waals surface area contributed by atoms with E-state index in [-0.39, 0.29) is 5.75 Å². The average Bonchev–Trinajstić information content (AvgIpc) is 2.21. The van der Waals surface area contributed by atoms with Crippen molar-refractivity contribution in [1.82, 2.24) is 0 Å². The molecule has 15 heavy (non-hydrogen) atoms. The lowest BCUT2D eigenvalue weighted by atomic mass is 10.2. The van der Waals surface area contributed by atoms with E-state index in [1.165, 1.54) is 17.3 Å². The van der Waals surface area contributed by atoms with Crippen LogP contribution in [0, 0.1) is 0 Å². The van der Waals surface area contributed by atoms with Crippen LogP contribution in [0.5, 0.6) is 0 Å². The second kappa shape index (κ2) is 9.04. The summed E-state index contributed by atoms with van der Waals surface area (Å²) in [7, 11) is 0. The summed E-state index contributed by atoms with van der Waals surface area (Å²) in [4.78, 5) is 10.4. The number of hydrogen-bond acceptors (Lipinski definition) is 2. The Labute approximate surface area is 104 Å². The third kappa shape index (κ3) is 7.68. The second-order valence-corrected chi connectivity index (χ2v) is 4.88. The standard InChI is InChI=1S/C11H17BrO2S/c1-3-5-6-9(10(12)4-2)7-15-8-11(13)14/h4,6H,3,5,7-8H2,1-2H3,(H,13,14)/b9-6-,10-4+. The van der Waals surface area contributed by atoms with Gasteiger partial charge in [0, 0.05) is 10.2 Å². The summed E-state index contributed by atoms with van der Waals surface area (Å²) < 4.78 is 1.06. The van der Waals surface area contributed by atoms with E-state index in [1.54, 1.807) is 0 Å². The molecule has 0 aliphatic rings. The van der Waals surface area contributed by atoms with E-state index in [9.17, 15) is 4.79 Å². The van der Waals surface area contributed by atoms with E-state index in [0.29, 0.717) is 0 Å². The summed E-state index contributed by atoms with van der Waals surface area (Å²) in [6, 6.07) is 0. The Hall–Kier alpha value is -0.220. The van der Waals surface area contributed by atoms with E-state index < -0.39 is 5.97 Å². The molecule has 0 radical (unpaired) electrons. The summed E-state index contributed by atoms with van der Waals surface area (Å²) >= 11 is 4.90. The van der Waals surface area contributed by atoms with Gasteiger partial charge in [0.1, 0.15) is 0 Å². The van der Waals surface area contributed by atoms with Crippen LogP contribution in [0.15, 0.2) is 22.2 Å². The van der Waals surface area contributed by atoms with E-state index in [4.69, 9.17) is 5.11 Å². The molecule has 0 aromatic rings. The topological polar surface area (TPSA) is 37.3 Å². The first-order valence-electron chi connectivity index (χ1n) is 4.92. The maximum atomic E-state index is 10.4. The molecule has 0 aliphatic carbocycles. The minimum Gasteiger partial charge on any atom is -0.481 e. The molecule has 0 atom stereocenters. The molecule has 1 N–H and O–H groups in total. The van der Waals surface area contributed by atoms with Crippen LogP contribution in [0.4, 0.5) is 0 Å². The summed E-state index contributed by atoms with van der Waals surface area (Å²) in [5.41, 5.74) is 1.19. The minimum absolute atomic E-state index is 0.160. The number of carboxylic acid groups (broad SMARTS) is 1. The largest absolute Gasteiger partial charge is 0.481 e. The molecule has 0 bridgehead atoms. The quantitative estimate of drug-likeness (QED) is 0.725. The van der Waals surface area contributed by atoms with Crippen molar-refractivity contribution in [2.45, 2.75) is 26.7 Å². The van der Waals surface area contributed by atoms with Crippen LogP contribution in [0.2, 0.25) is 0 Å². The van der Waals surface area contributed by atoms with Crippen LogP contribution in [-0.4, -0.2) is 22.6 Å². The highest BCUT2D eigenvalue weighted by Crippen LogP contribution is 2.22. The molecule has 0 unspecified atom stereocenters. The molecule has 0 aliphatic heterocycles. The Morgan fingerprint density at radius 3 is 2.60 bits per heavy atom. The maximum Gasteiger partial charge on any atom is 0.313 e.